The van der Waals surface area contributed by atoms with E-state index in [1.54, 1.807) is 4.90 Å². The molecule has 0 spiro atoms. The summed E-state index contributed by atoms with van der Waals surface area (Å²) >= 11 is 0. The van der Waals surface area contributed by atoms with E-state index in [0.717, 1.165) is 11.4 Å². The first-order valence-electron chi connectivity index (χ1n) is 6.40. The summed E-state index contributed by atoms with van der Waals surface area (Å²) in [6.45, 7) is 5.72. The van der Waals surface area contributed by atoms with Gasteiger partial charge in [0.05, 0.1) is 11.4 Å². The van der Waals surface area contributed by atoms with Crippen molar-refractivity contribution < 1.29 is 14.3 Å². The fraction of sp³-hybridized carbons (Fsp3) is 0.400. The summed E-state index contributed by atoms with van der Waals surface area (Å²) in [6.07, 6.45) is 2.26. The minimum absolute atomic E-state index is 0.362. The Labute approximate surface area is 112 Å². The molecule has 0 unspecified atom stereocenters. The Morgan fingerprint density at radius 3 is 2.53 bits per heavy atom. The number of allylic oxidation sites excluding steroid dienone is 1. The lowest BCUT2D eigenvalue weighted by atomic mass is 9.87. The molecule has 1 amide bonds. The molecule has 4 heteroatoms. The zero-order chi connectivity index (χ0) is 13.7. The summed E-state index contributed by atoms with van der Waals surface area (Å²) in [4.78, 5) is 13.9. The quantitative estimate of drug-likeness (QED) is 0.775. The molecule has 4 nitrogen and oxygen atoms in total. The smallest absolute Gasteiger partial charge is 0.418 e. The van der Waals surface area contributed by atoms with Crippen LogP contribution in [0.15, 0.2) is 42.2 Å². The van der Waals surface area contributed by atoms with Crippen LogP contribution in [-0.4, -0.2) is 17.4 Å². The Bertz CT molecular complexity index is 554. The summed E-state index contributed by atoms with van der Waals surface area (Å²) in [5.41, 5.74) is -0.697. The van der Waals surface area contributed by atoms with Gasteiger partial charge >= 0.3 is 6.09 Å². The van der Waals surface area contributed by atoms with Crippen LogP contribution in [-0.2, 0) is 9.47 Å². The molecule has 3 rings (SSSR count). The molecular formula is C15H17NO3. The predicted octanol–water partition coefficient (Wildman–Crippen LogP) is 3.44. The largest absolute Gasteiger partial charge is 0.468 e. The molecule has 1 saturated heterocycles. The highest BCUT2D eigenvalue weighted by molar-refractivity contribution is 5.92. The molecule has 1 fully saturated rings. The maximum Gasteiger partial charge on any atom is 0.418 e. The van der Waals surface area contributed by atoms with Crippen molar-refractivity contribution in [3.05, 3.63) is 42.2 Å². The Kier molecular flexibility index (Phi) is 2.39. The normalized spacial score (nSPS) is 33.3. The maximum absolute atomic E-state index is 12.3. The highest BCUT2D eigenvalue weighted by Gasteiger charge is 2.63. The van der Waals surface area contributed by atoms with Gasteiger partial charge in [0.15, 0.2) is 5.60 Å². The molecule has 2 heterocycles. The first-order valence-corrected chi connectivity index (χ1v) is 6.40. The van der Waals surface area contributed by atoms with Crippen LogP contribution in [0, 0.1) is 0 Å². The molecule has 1 aromatic rings. The van der Waals surface area contributed by atoms with E-state index in [1.807, 2.05) is 57.2 Å². The minimum Gasteiger partial charge on any atom is -0.468 e. The molecule has 19 heavy (non-hydrogen) atoms. The third kappa shape index (κ3) is 1.56. The van der Waals surface area contributed by atoms with Crippen molar-refractivity contribution in [3.8, 4) is 0 Å². The molecule has 2 atom stereocenters. The van der Waals surface area contributed by atoms with E-state index in [1.165, 1.54) is 0 Å². The van der Waals surface area contributed by atoms with E-state index in [9.17, 15) is 4.79 Å². The van der Waals surface area contributed by atoms with Crippen LogP contribution in [0.3, 0.4) is 0 Å². The number of hydrogen-bond acceptors (Lipinski definition) is 3. The number of rotatable bonds is 1. The third-order valence-corrected chi connectivity index (χ3v) is 4.06. The standard InChI is InChI=1S/C15H17NO3/c1-11-9-10-14(2)15(3,18-11)16(13(17)19-14)12-7-5-4-6-8-12/h4-9H,10H2,1-3H3/t14-,15+/m0/s1. The number of anilines is 1. The van der Waals surface area contributed by atoms with E-state index >= 15 is 0 Å². The number of carbonyl (C=O) groups excluding carboxylic acids is 1. The monoisotopic (exact) mass is 259 g/mol. The molecule has 0 saturated carbocycles. The lowest BCUT2D eigenvalue weighted by molar-refractivity contribution is -0.111. The maximum atomic E-state index is 12.3. The molecule has 0 aliphatic carbocycles. The van der Waals surface area contributed by atoms with Crippen LogP contribution in [0.4, 0.5) is 10.5 Å². The average Bonchev–Trinajstić information content (AvgIpc) is 2.56. The highest BCUT2D eigenvalue weighted by Crippen LogP contribution is 2.48. The van der Waals surface area contributed by atoms with Crippen LogP contribution in [0.1, 0.15) is 27.2 Å². The minimum atomic E-state index is -0.815. The van der Waals surface area contributed by atoms with Crippen LogP contribution in [0.2, 0.25) is 0 Å². The van der Waals surface area contributed by atoms with E-state index in [4.69, 9.17) is 9.47 Å². The second-order valence-electron chi connectivity index (χ2n) is 5.37. The van der Waals surface area contributed by atoms with Gasteiger partial charge in [0.25, 0.3) is 0 Å². The van der Waals surface area contributed by atoms with Crippen molar-refractivity contribution in [1.82, 2.24) is 0 Å². The number of hydrogen-bond donors (Lipinski definition) is 0. The first kappa shape index (κ1) is 12.1. The fourth-order valence-electron chi connectivity index (χ4n) is 2.75. The number of para-hydroxylation sites is 1. The SMILES string of the molecule is CC1=CC[C@]2(C)OC(=O)N(c3ccccc3)[C@]2(C)O1. The van der Waals surface area contributed by atoms with Crippen molar-refractivity contribution >= 4 is 11.8 Å². The van der Waals surface area contributed by atoms with Crippen LogP contribution in [0.25, 0.3) is 0 Å². The van der Waals surface area contributed by atoms with Gasteiger partial charge in [-0.05, 0) is 39.0 Å². The van der Waals surface area contributed by atoms with E-state index in [0.29, 0.717) is 6.42 Å². The van der Waals surface area contributed by atoms with Gasteiger partial charge < -0.3 is 9.47 Å². The average molecular weight is 259 g/mol. The van der Waals surface area contributed by atoms with Crippen LogP contribution in [0.5, 0.6) is 0 Å². The number of nitrogens with zero attached hydrogens (tertiary/aromatic N) is 1. The van der Waals surface area contributed by atoms with Gasteiger partial charge in [0.2, 0.25) is 5.72 Å². The zero-order valence-corrected chi connectivity index (χ0v) is 11.3. The van der Waals surface area contributed by atoms with Gasteiger partial charge in [-0.15, -0.1) is 0 Å². The van der Waals surface area contributed by atoms with Gasteiger partial charge in [0, 0.05) is 6.42 Å². The number of benzene rings is 1. The van der Waals surface area contributed by atoms with E-state index < -0.39 is 11.3 Å². The Morgan fingerprint density at radius 1 is 1.16 bits per heavy atom. The lowest BCUT2D eigenvalue weighted by Crippen LogP contribution is -2.58. The number of carbonyl (C=O) groups is 1. The molecule has 0 radical (unpaired) electrons. The molecule has 0 N–H and O–H groups in total. The van der Waals surface area contributed by atoms with Crippen LogP contribution < -0.4 is 4.90 Å². The van der Waals surface area contributed by atoms with E-state index in [2.05, 4.69) is 0 Å². The Balaban J connectivity index is 2.10. The fourth-order valence-corrected chi connectivity index (χ4v) is 2.75. The Hall–Kier alpha value is -1.97. The molecule has 100 valence electrons. The van der Waals surface area contributed by atoms with E-state index in [-0.39, 0.29) is 6.09 Å². The third-order valence-electron chi connectivity index (χ3n) is 4.06. The second-order valence-corrected chi connectivity index (χ2v) is 5.37. The highest BCUT2D eigenvalue weighted by atomic mass is 16.6. The van der Waals surface area contributed by atoms with Crippen molar-refractivity contribution in [2.45, 2.75) is 38.5 Å². The van der Waals surface area contributed by atoms with Crippen molar-refractivity contribution in [3.63, 3.8) is 0 Å². The van der Waals surface area contributed by atoms with Gasteiger partial charge in [0.1, 0.15) is 0 Å². The molecular weight excluding hydrogens is 242 g/mol. The van der Waals surface area contributed by atoms with Crippen molar-refractivity contribution in [2.24, 2.45) is 0 Å². The van der Waals surface area contributed by atoms with Gasteiger partial charge in [-0.1, -0.05) is 18.2 Å². The van der Waals surface area contributed by atoms with Crippen molar-refractivity contribution in [1.29, 1.82) is 0 Å². The zero-order valence-electron chi connectivity index (χ0n) is 11.3. The summed E-state index contributed by atoms with van der Waals surface area (Å²) in [6, 6.07) is 9.48. The van der Waals surface area contributed by atoms with Gasteiger partial charge in [-0.3, -0.25) is 0 Å². The second kappa shape index (κ2) is 3.76. The van der Waals surface area contributed by atoms with Crippen molar-refractivity contribution in [2.75, 3.05) is 4.90 Å². The summed E-state index contributed by atoms with van der Waals surface area (Å²) < 4.78 is 11.6. The molecule has 0 aromatic heterocycles. The van der Waals surface area contributed by atoms with Crippen LogP contribution >= 0.6 is 0 Å². The summed E-state index contributed by atoms with van der Waals surface area (Å²) in [5.74, 6) is 0.819. The predicted molar refractivity (Wildman–Crippen MR) is 71.7 cm³/mol. The molecule has 2 aliphatic heterocycles. The Morgan fingerprint density at radius 2 is 1.84 bits per heavy atom. The molecule has 1 aromatic carbocycles. The number of ether oxygens (including phenoxy) is 2. The van der Waals surface area contributed by atoms with Gasteiger partial charge in [-0.2, -0.15) is 0 Å². The molecule has 2 aliphatic rings. The lowest BCUT2D eigenvalue weighted by Gasteiger charge is -2.44. The summed E-state index contributed by atoms with van der Waals surface area (Å²) in [5, 5.41) is 0. The molecule has 0 bridgehead atoms. The number of fused-ring (bicyclic) bond motifs is 1. The first-order chi connectivity index (χ1) is 8.96. The summed E-state index contributed by atoms with van der Waals surface area (Å²) in [7, 11) is 0. The van der Waals surface area contributed by atoms with Gasteiger partial charge in [-0.25, -0.2) is 9.69 Å². The topological polar surface area (TPSA) is 38.8 Å². The number of amides is 1.